The Hall–Kier alpha value is -4.20. The van der Waals surface area contributed by atoms with Crippen molar-refractivity contribution in [2.45, 2.75) is 26.1 Å². The van der Waals surface area contributed by atoms with Crippen molar-refractivity contribution < 1.29 is 18.6 Å². The number of fused-ring (bicyclic) bond motifs is 4. The van der Waals surface area contributed by atoms with Gasteiger partial charge in [0.15, 0.2) is 0 Å². The summed E-state index contributed by atoms with van der Waals surface area (Å²) in [6.45, 7) is 2.67. The predicted molar refractivity (Wildman–Crippen MR) is 121 cm³/mol. The number of imidazole rings is 1. The second-order valence-corrected chi connectivity index (χ2v) is 8.42. The summed E-state index contributed by atoms with van der Waals surface area (Å²) in [7, 11) is 1.67. The molecule has 2 aliphatic heterocycles. The first-order chi connectivity index (χ1) is 16.0. The number of likely N-dealkylation sites (N-methyl/N-ethyl adjacent to an activating group) is 1. The molecule has 8 heteroatoms. The number of hydrogen-bond donors (Lipinski definition) is 0. The summed E-state index contributed by atoms with van der Waals surface area (Å²) in [6.07, 6.45) is 3.55. The summed E-state index contributed by atoms with van der Waals surface area (Å²) in [4.78, 5) is 34.4. The van der Waals surface area contributed by atoms with Crippen molar-refractivity contribution in [3.8, 4) is 0 Å². The molecular weight excluding hydrogens is 418 g/mol. The maximum atomic E-state index is 13.7. The molecule has 33 heavy (non-hydrogen) atoms. The van der Waals surface area contributed by atoms with Gasteiger partial charge in [-0.05, 0) is 35.4 Å². The number of hydrogen-bond acceptors (Lipinski definition) is 4. The second-order valence-electron chi connectivity index (χ2n) is 8.42. The Balaban J connectivity index is 1.38. The summed E-state index contributed by atoms with van der Waals surface area (Å²) < 4.78 is 9.35. The number of imide groups is 1. The van der Waals surface area contributed by atoms with Gasteiger partial charge in [-0.25, -0.2) is 13.9 Å². The molecule has 8 nitrogen and oxygen atoms in total. The largest absolute Gasteiger partial charge is 0.466 e. The Kier molecular flexibility index (Phi) is 4.23. The van der Waals surface area contributed by atoms with Gasteiger partial charge in [-0.15, -0.1) is 0 Å². The molecule has 2 aromatic carbocycles. The van der Waals surface area contributed by atoms with E-state index in [1.54, 1.807) is 13.3 Å². The fourth-order valence-electron chi connectivity index (χ4n) is 4.73. The fourth-order valence-corrected chi connectivity index (χ4v) is 4.73. The van der Waals surface area contributed by atoms with Gasteiger partial charge in [0.05, 0.1) is 12.8 Å². The Morgan fingerprint density at radius 2 is 1.85 bits per heavy atom. The molecule has 4 aromatic rings. The second kappa shape index (κ2) is 7.16. The van der Waals surface area contributed by atoms with E-state index >= 15 is 0 Å². The third kappa shape index (κ3) is 2.91. The normalized spacial score (nSPS) is 17.5. The van der Waals surface area contributed by atoms with Crippen LogP contribution in [0, 0.1) is 6.92 Å². The van der Waals surface area contributed by atoms with Gasteiger partial charge >= 0.3 is 12.0 Å². The molecule has 0 spiro atoms. The maximum Gasteiger partial charge on any atom is 0.402 e. The molecule has 0 bridgehead atoms. The van der Waals surface area contributed by atoms with Crippen LogP contribution in [0.4, 0.5) is 10.7 Å². The van der Waals surface area contributed by atoms with Crippen molar-refractivity contribution >= 4 is 34.5 Å². The van der Waals surface area contributed by atoms with E-state index in [9.17, 15) is 9.59 Å². The zero-order valence-electron chi connectivity index (χ0n) is 18.3. The number of benzene rings is 2. The van der Waals surface area contributed by atoms with Gasteiger partial charge in [0.25, 0.3) is 5.91 Å². The number of amidine groups is 1. The molecule has 1 fully saturated rings. The standard InChI is InChI=1S/C25H22N5O3/c1-16-13-29-21-22(26-24(29)28(16)15-19-10-6-12-33-19)27(2)25(32)30(23(21)31)14-18-9-5-8-17-7-3-4-11-20(17)18/h3-13,21H,14-15H2,1-2H3/q+1. The van der Waals surface area contributed by atoms with E-state index < -0.39 is 6.04 Å². The minimum Gasteiger partial charge on any atom is -0.466 e. The third-order valence-corrected chi connectivity index (χ3v) is 6.43. The molecule has 2 aliphatic rings. The number of furan rings is 1. The van der Waals surface area contributed by atoms with Crippen molar-refractivity contribution in [2.75, 3.05) is 7.05 Å². The highest BCUT2D eigenvalue weighted by atomic mass is 16.3. The van der Waals surface area contributed by atoms with E-state index in [2.05, 4.69) is 0 Å². The average Bonchev–Trinajstić information content (AvgIpc) is 3.53. The summed E-state index contributed by atoms with van der Waals surface area (Å²) in [5.74, 6) is 1.59. The first kappa shape index (κ1) is 19.5. The van der Waals surface area contributed by atoms with Crippen molar-refractivity contribution in [1.29, 1.82) is 0 Å². The number of aliphatic imine (C=N–C) groups is 1. The number of aryl methyl sites for hydroxylation is 1. The van der Waals surface area contributed by atoms with Crippen LogP contribution < -0.4 is 4.57 Å². The van der Waals surface area contributed by atoms with Crippen LogP contribution in [0.3, 0.4) is 0 Å². The molecule has 1 saturated heterocycles. The Morgan fingerprint density at radius 1 is 1.03 bits per heavy atom. The minimum atomic E-state index is -0.672. The highest BCUT2D eigenvalue weighted by Gasteiger charge is 2.53. The monoisotopic (exact) mass is 440 g/mol. The van der Waals surface area contributed by atoms with Crippen molar-refractivity contribution in [2.24, 2.45) is 4.99 Å². The van der Waals surface area contributed by atoms with E-state index in [0.717, 1.165) is 27.8 Å². The Morgan fingerprint density at radius 3 is 2.67 bits per heavy atom. The number of rotatable bonds is 4. The van der Waals surface area contributed by atoms with Crippen LogP contribution in [0.2, 0.25) is 0 Å². The molecule has 1 atom stereocenters. The Bertz CT molecular complexity index is 1440. The molecule has 1 unspecified atom stereocenters. The van der Waals surface area contributed by atoms with Crippen molar-refractivity contribution in [1.82, 2.24) is 14.4 Å². The lowest BCUT2D eigenvalue weighted by Crippen LogP contribution is -2.62. The van der Waals surface area contributed by atoms with Crippen LogP contribution in [-0.4, -0.2) is 39.2 Å². The number of amides is 3. The van der Waals surface area contributed by atoms with Crippen LogP contribution in [0.5, 0.6) is 0 Å². The van der Waals surface area contributed by atoms with Gasteiger partial charge in [-0.3, -0.25) is 14.6 Å². The van der Waals surface area contributed by atoms with Crippen LogP contribution in [-0.2, 0) is 17.9 Å². The molecule has 164 valence electrons. The van der Waals surface area contributed by atoms with Gasteiger partial charge in [-0.1, -0.05) is 47.5 Å². The highest BCUT2D eigenvalue weighted by Crippen LogP contribution is 2.31. The van der Waals surface area contributed by atoms with Crippen molar-refractivity contribution in [3.05, 3.63) is 84.1 Å². The molecule has 0 N–H and O–H groups in total. The molecule has 0 radical (unpaired) electrons. The van der Waals surface area contributed by atoms with Crippen LogP contribution in [0.15, 0.2) is 76.5 Å². The molecule has 0 saturated carbocycles. The van der Waals surface area contributed by atoms with Gasteiger partial charge < -0.3 is 4.42 Å². The zero-order chi connectivity index (χ0) is 22.7. The summed E-state index contributed by atoms with van der Waals surface area (Å²) >= 11 is 0. The van der Waals surface area contributed by atoms with Gasteiger partial charge in [-0.2, -0.15) is 0 Å². The summed E-state index contributed by atoms with van der Waals surface area (Å²) in [6, 6.07) is 16.6. The van der Waals surface area contributed by atoms with Crippen LogP contribution in [0.25, 0.3) is 10.8 Å². The van der Waals surface area contributed by atoms with Gasteiger partial charge in [0.1, 0.15) is 24.2 Å². The number of carbonyl (C=O) groups is 2. The molecule has 3 amide bonds. The van der Waals surface area contributed by atoms with Gasteiger partial charge in [0, 0.05) is 7.05 Å². The first-order valence-corrected chi connectivity index (χ1v) is 10.8. The number of aromatic nitrogens is 2. The molecule has 4 heterocycles. The molecule has 2 aromatic heterocycles. The smallest absolute Gasteiger partial charge is 0.402 e. The topological polar surface area (TPSA) is 74.9 Å². The van der Waals surface area contributed by atoms with E-state index in [4.69, 9.17) is 9.41 Å². The number of urea groups is 1. The van der Waals surface area contributed by atoms with Crippen LogP contribution in [0.1, 0.15) is 23.1 Å². The Labute approximate surface area is 190 Å². The minimum absolute atomic E-state index is 0.203. The van der Waals surface area contributed by atoms with Crippen LogP contribution >= 0.6 is 0 Å². The quantitative estimate of drug-likeness (QED) is 0.456. The molecular formula is C25H22N5O3+. The van der Waals surface area contributed by atoms with E-state index in [-0.39, 0.29) is 18.5 Å². The van der Waals surface area contributed by atoms with E-state index in [1.165, 1.54) is 9.80 Å². The van der Waals surface area contributed by atoms with E-state index in [1.807, 2.05) is 76.9 Å². The third-order valence-electron chi connectivity index (χ3n) is 6.43. The SMILES string of the molecule is Cc1c[n+]2c(n1Cc1ccco1)N=C1C2C(=O)N(Cc2cccc3ccccc23)C(=O)N1C. The van der Waals surface area contributed by atoms with E-state index in [0.29, 0.717) is 18.3 Å². The predicted octanol–water partition coefficient (Wildman–Crippen LogP) is 3.56. The number of carbonyl (C=O) groups excluding carboxylic acids is 2. The highest BCUT2D eigenvalue weighted by molar-refractivity contribution is 6.19. The van der Waals surface area contributed by atoms with Crippen molar-refractivity contribution in [3.63, 3.8) is 0 Å². The lowest BCUT2D eigenvalue weighted by atomic mass is 10.0. The maximum absolute atomic E-state index is 13.7. The molecule has 0 aliphatic carbocycles. The molecule has 6 rings (SSSR count). The van der Waals surface area contributed by atoms with Gasteiger partial charge in [0.2, 0.25) is 11.9 Å². The first-order valence-electron chi connectivity index (χ1n) is 10.8. The fraction of sp³-hybridized carbons (Fsp3) is 0.200. The summed E-state index contributed by atoms with van der Waals surface area (Å²) in [5, 5.41) is 2.11. The average molecular weight is 440 g/mol. The lowest BCUT2D eigenvalue weighted by Gasteiger charge is -2.33. The number of nitrogens with zero attached hydrogens (tertiary/aromatic N) is 5. The summed E-state index contributed by atoms with van der Waals surface area (Å²) in [5.41, 5.74) is 1.88. The zero-order valence-corrected chi connectivity index (χ0v) is 18.3. The lowest BCUT2D eigenvalue weighted by molar-refractivity contribution is -0.677.